The minimum atomic E-state index is -0.873. The van der Waals surface area contributed by atoms with Gasteiger partial charge >= 0.3 is 6.03 Å². The molecular formula is C17H22N2O4. The zero-order chi connectivity index (χ0) is 16.7. The number of anilines is 1. The molecule has 1 heterocycles. The van der Waals surface area contributed by atoms with E-state index >= 15 is 0 Å². The summed E-state index contributed by atoms with van der Waals surface area (Å²) in [6.45, 7) is 4.13. The third kappa shape index (κ3) is 5.34. The molecule has 0 fully saturated rings. The van der Waals surface area contributed by atoms with E-state index in [0.717, 1.165) is 12.2 Å². The van der Waals surface area contributed by atoms with Crippen molar-refractivity contribution < 1.29 is 19.1 Å². The monoisotopic (exact) mass is 318 g/mol. The fraction of sp³-hybridized carbons (Fsp3) is 0.353. The molecule has 0 aliphatic heterocycles. The van der Waals surface area contributed by atoms with Gasteiger partial charge in [0.05, 0.1) is 18.9 Å². The van der Waals surface area contributed by atoms with Crippen molar-refractivity contribution >= 4 is 11.7 Å². The summed E-state index contributed by atoms with van der Waals surface area (Å²) < 4.78 is 10.7. The standard InChI is InChI=1S/C17H22N2O4/c1-3-12(2)23-14-8-6-13(7-9-14)19-17(21)18-11-15(20)16-5-4-10-22-16/h4-10,12,15,20H,3,11H2,1-2H3,(H2,18,19,21). The highest BCUT2D eigenvalue weighted by molar-refractivity contribution is 5.89. The number of aliphatic hydroxyl groups excluding tert-OH is 1. The van der Waals surface area contributed by atoms with Crippen LogP contribution in [0.4, 0.5) is 10.5 Å². The van der Waals surface area contributed by atoms with E-state index < -0.39 is 12.1 Å². The number of ether oxygens (including phenoxy) is 1. The zero-order valence-electron chi connectivity index (χ0n) is 13.3. The molecule has 0 bridgehead atoms. The molecule has 0 radical (unpaired) electrons. The SMILES string of the molecule is CCC(C)Oc1ccc(NC(=O)NCC(O)c2ccco2)cc1. The Bertz CT molecular complexity index is 596. The molecule has 0 aliphatic rings. The number of aliphatic hydroxyl groups is 1. The summed E-state index contributed by atoms with van der Waals surface area (Å²) in [5.74, 6) is 1.18. The van der Waals surface area contributed by atoms with Gasteiger partial charge in [-0.3, -0.25) is 0 Å². The lowest BCUT2D eigenvalue weighted by atomic mass is 10.2. The van der Waals surface area contributed by atoms with E-state index in [2.05, 4.69) is 17.6 Å². The lowest BCUT2D eigenvalue weighted by Gasteiger charge is -2.13. The first-order valence-electron chi connectivity index (χ1n) is 7.61. The molecule has 23 heavy (non-hydrogen) atoms. The van der Waals surface area contributed by atoms with Gasteiger partial charge in [-0.05, 0) is 49.7 Å². The Morgan fingerprint density at radius 1 is 1.30 bits per heavy atom. The van der Waals surface area contributed by atoms with Crippen LogP contribution in [0.3, 0.4) is 0 Å². The number of amides is 2. The van der Waals surface area contributed by atoms with E-state index in [9.17, 15) is 9.90 Å². The molecule has 2 aromatic rings. The van der Waals surface area contributed by atoms with E-state index in [1.807, 2.05) is 6.92 Å². The second-order valence-electron chi connectivity index (χ2n) is 5.23. The number of urea groups is 1. The summed E-state index contributed by atoms with van der Waals surface area (Å²) in [5, 5.41) is 15.1. The van der Waals surface area contributed by atoms with Crippen LogP contribution in [-0.2, 0) is 0 Å². The molecule has 2 atom stereocenters. The van der Waals surface area contributed by atoms with Crippen LogP contribution >= 0.6 is 0 Å². The number of hydrogen-bond donors (Lipinski definition) is 3. The number of benzene rings is 1. The predicted molar refractivity (Wildman–Crippen MR) is 87.5 cm³/mol. The van der Waals surface area contributed by atoms with Crippen molar-refractivity contribution in [1.29, 1.82) is 0 Å². The van der Waals surface area contributed by atoms with Gasteiger partial charge < -0.3 is 24.9 Å². The quantitative estimate of drug-likeness (QED) is 0.731. The lowest BCUT2D eigenvalue weighted by Crippen LogP contribution is -2.32. The highest BCUT2D eigenvalue weighted by Crippen LogP contribution is 2.17. The maximum absolute atomic E-state index is 11.8. The van der Waals surface area contributed by atoms with E-state index in [1.165, 1.54) is 6.26 Å². The number of carbonyl (C=O) groups excluding carboxylic acids is 1. The summed E-state index contributed by atoms with van der Waals surface area (Å²) in [7, 11) is 0. The lowest BCUT2D eigenvalue weighted by molar-refractivity contribution is 0.149. The highest BCUT2D eigenvalue weighted by Gasteiger charge is 2.11. The Balaban J connectivity index is 1.78. The van der Waals surface area contributed by atoms with Gasteiger partial charge in [0, 0.05) is 5.69 Å². The molecular weight excluding hydrogens is 296 g/mol. The minimum absolute atomic E-state index is 0.0640. The van der Waals surface area contributed by atoms with Crippen LogP contribution in [0.1, 0.15) is 32.1 Å². The first-order chi connectivity index (χ1) is 11.1. The smallest absolute Gasteiger partial charge is 0.319 e. The van der Waals surface area contributed by atoms with Crippen LogP contribution < -0.4 is 15.4 Å². The molecule has 124 valence electrons. The molecule has 6 nitrogen and oxygen atoms in total. The molecule has 1 aromatic heterocycles. The van der Waals surface area contributed by atoms with Crippen LogP contribution in [-0.4, -0.2) is 23.8 Å². The number of nitrogens with one attached hydrogen (secondary N) is 2. The molecule has 6 heteroatoms. The third-order valence-electron chi connectivity index (χ3n) is 3.35. The van der Waals surface area contributed by atoms with E-state index in [1.54, 1.807) is 36.4 Å². The predicted octanol–water partition coefficient (Wildman–Crippen LogP) is 3.31. The molecule has 3 N–H and O–H groups in total. The summed E-state index contributed by atoms with van der Waals surface area (Å²) >= 11 is 0. The summed E-state index contributed by atoms with van der Waals surface area (Å²) in [6.07, 6.45) is 1.68. The fourth-order valence-corrected chi connectivity index (χ4v) is 1.88. The Labute approximate surface area is 135 Å². The van der Waals surface area contributed by atoms with Gasteiger partial charge in [-0.25, -0.2) is 4.79 Å². The summed E-state index contributed by atoms with van der Waals surface area (Å²) in [4.78, 5) is 11.8. The number of furan rings is 1. The largest absolute Gasteiger partial charge is 0.491 e. The van der Waals surface area contributed by atoms with Crippen LogP contribution in [0, 0.1) is 0 Å². The van der Waals surface area contributed by atoms with Crippen LogP contribution in [0.2, 0.25) is 0 Å². The first kappa shape index (κ1) is 16.9. The van der Waals surface area contributed by atoms with Crippen molar-refractivity contribution in [3.8, 4) is 5.75 Å². The van der Waals surface area contributed by atoms with Crippen LogP contribution in [0.15, 0.2) is 47.1 Å². The maximum atomic E-state index is 11.8. The van der Waals surface area contributed by atoms with Gasteiger partial charge in [0.2, 0.25) is 0 Å². The topological polar surface area (TPSA) is 83.7 Å². The van der Waals surface area contributed by atoms with Gasteiger partial charge in [-0.2, -0.15) is 0 Å². The average molecular weight is 318 g/mol. The average Bonchev–Trinajstić information content (AvgIpc) is 3.09. The zero-order valence-corrected chi connectivity index (χ0v) is 13.3. The second-order valence-corrected chi connectivity index (χ2v) is 5.23. The van der Waals surface area contributed by atoms with E-state index in [4.69, 9.17) is 9.15 Å². The van der Waals surface area contributed by atoms with Gasteiger partial charge in [0.1, 0.15) is 17.6 Å². The molecule has 2 rings (SSSR count). The molecule has 0 saturated heterocycles. The number of hydrogen-bond acceptors (Lipinski definition) is 4. The highest BCUT2D eigenvalue weighted by atomic mass is 16.5. The van der Waals surface area contributed by atoms with Crippen molar-refractivity contribution in [3.63, 3.8) is 0 Å². The molecule has 0 aliphatic carbocycles. The number of carbonyl (C=O) groups is 1. The van der Waals surface area contributed by atoms with Crippen molar-refractivity contribution in [2.24, 2.45) is 0 Å². The molecule has 1 aromatic carbocycles. The Morgan fingerprint density at radius 2 is 2.04 bits per heavy atom. The van der Waals surface area contributed by atoms with Crippen molar-refractivity contribution in [2.75, 3.05) is 11.9 Å². The Hall–Kier alpha value is -2.47. The second kappa shape index (κ2) is 8.24. The maximum Gasteiger partial charge on any atom is 0.319 e. The summed E-state index contributed by atoms with van der Waals surface area (Å²) in [6, 6.07) is 10.1. The van der Waals surface area contributed by atoms with Gasteiger partial charge in [0.15, 0.2) is 0 Å². The molecule has 2 amide bonds. The summed E-state index contributed by atoms with van der Waals surface area (Å²) in [5.41, 5.74) is 0.645. The van der Waals surface area contributed by atoms with E-state index in [-0.39, 0.29) is 12.6 Å². The van der Waals surface area contributed by atoms with Crippen LogP contribution in [0.25, 0.3) is 0 Å². The Morgan fingerprint density at radius 3 is 2.65 bits per heavy atom. The van der Waals surface area contributed by atoms with Crippen LogP contribution in [0.5, 0.6) is 5.75 Å². The van der Waals surface area contributed by atoms with Crippen molar-refractivity contribution in [2.45, 2.75) is 32.5 Å². The van der Waals surface area contributed by atoms with Gasteiger partial charge in [0.25, 0.3) is 0 Å². The molecule has 2 unspecified atom stereocenters. The normalized spacial score (nSPS) is 13.2. The van der Waals surface area contributed by atoms with Crippen molar-refractivity contribution in [1.82, 2.24) is 5.32 Å². The fourth-order valence-electron chi connectivity index (χ4n) is 1.88. The first-order valence-corrected chi connectivity index (χ1v) is 7.61. The van der Waals surface area contributed by atoms with E-state index in [0.29, 0.717) is 11.4 Å². The Kier molecular flexibility index (Phi) is 6.05. The molecule has 0 saturated carbocycles. The third-order valence-corrected chi connectivity index (χ3v) is 3.35. The van der Waals surface area contributed by atoms with Crippen molar-refractivity contribution in [3.05, 3.63) is 48.4 Å². The number of rotatable bonds is 7. The molecule has 0 spiro atoms. The van der Waals surface area contributed by atoms with Gasteiger partial charge in [-0.1, -0.05) is 6.92 Å². The minimum Gasteiger partial charge on any atom is -0.491 e. The van der Waals surface area contributed by atoms with Gasteiger partial charge in [-0.15, -0.1) is 0 Å².